The molecule has 0 saturated carbocycles. The molecule has 28 heavy (non-hydrogen) atoms. The first-order valence-corrected chi connectivity index (χ1v) is 9.64. The molecule has 7 heteroatoms. The highest BCUT2D eigenvalue weighted by atomic mass is 15.3. The summed E-state index contributed by atoms with van der Waals surface area (Å²) >= 11 is 0. The molecule has 0 aliphatic carbocycles. The topological polar surface area (TPSA) is 75.5 Å². The number of aromatic nitrogens is 6. The smallest absolute Gasteiger partial charge is 0.226 e. The van der Waals surface area contributed by atoms with E-state index >= 15 is 0 Å². The van der Waals surface area contributed by atoms with Crippen molar-refractivity contribution in [2.45, 2.75) is 32.7 Å². The Labute approximate surface area is 163 Å². The summed E-state index contributed by atoms with van der Waals surface area (Å²) < 4.78 is 1.80. The predicted molar refractivity (Wildman–Crippen MR) is 109 cm³/mol. The minimum Gasteiger partial charge on any atom is -0.340 e. The van der Waals surface area contributed by atoms with Gasteiger partial charge in [-0.15, -0.1) is 0 Å². The third-order valence-electron chi connectivity index (χ3n) is 5.42. The van der Waals surface area contributed by atoms with Gasteiger partial charge in [0.1, 0.15) is 5.82 Å². The molecule has 1 atom stereocenters. The first-order valence-electron chi connectivity index (χ1n) is 9.64. The Morgan fingerprint density at radius 1 is 1.14 bits per heavy atom. The zero-order valence-electron chi connectivity index (χ0n) is 16.3. The molecule has 1 aliphatic rings. The van der Waals surface area contributed by atoms with Crippen LogP contribution in [0.25, 0.3) is 22.3 Å². The van der Waals surface area contributed by atoms with Crippen molar-refractivity contribution in [2.24, 2.45) is 7.05 Å². The van der Waals surface area contributed by atoms with Crippen LogP contribution >= 0.6 is 0 Å². The van der Waals surface area contributed by atoms with E-state index in [0.29, 0.717) is 0 Å². The fraction of sp³-hybridized carbons (Fsp3) is 0.333. The molecule has 1 saturated heterocycles. The standard InChI is InChI=1S/C21H23N7/c1-13-6-7-16-17(9-13)25-20(24-16)18-5-4-8-28(18)21-22-10-14(2)19(26-21)15-11-23-27(3)12-15/h6-7,9-12,18H,4-5,8H2,1-3H3,(H,24,25). The number of benzene rings is 1. The van der Waals surface area contributed by atoms with E-state index in [4.69, 9.17) is 9.97 Å². The highest BCUT2D eigenvalue weighted by molar-refractivity contribution is 5.76. The molecule has 4 heterocycles. The van der Waals surface area contributed by atoms with Crippen molar-refractivity contribution < 1.29 is 0 Å². The third kappa shape index (κ3) is 2.83. The Morgan fingerprint density at radius 2 is 2.04 bits per heavy atom. The van der Waals surface area contributed by atoms with Gasteiger partial charge in [-0.25, -0.2) is 15.0 Å². The lowest BCUT2D eigenvalue weighted by Gasteiger charge is -2.23. The fourth-order valence-corrected chi connectivity index (χ4v) is 4.00. The zero-order valence-corrected chi connectivity index (χ0v) is 16.3. The van der Waals surface area contributed by atoms with E-state index in [9.17, 15) is 0 Å². The minimum absolute atomic E-state index is 0.164. The van der Waals surface area contributed by atoms with Crippen molar-refractivity contribution in [2.75, 3.05) is 11.4 Å². The van der Waals surface area contributed by atoms with Gasteiger partial charge in [0, 0.05) is 31.5 Å². The number of hydrogen-bond donors (Lipinski definition) is 1. The molecule has 142 valence electrons. The Balaban J connectivity index is 1.53. The number of anilines is 1. The highest BCUT2D eigenvalue weighted by Gasteiger charge is 2.31. The van der Waals surface area contributed by atoms with Crippen LogP contribution in [-0.2, 0) is 7.05 Å². The molecule has 1 fully saturated rings. The molecule has 1 aromatic carbocycles. The second kappa shape index (κ2) is 6.44. The van der Waals surface area contributed by atoms with Crippen molar-refractivity contribution in [1.82, 2.24) is 29.7 Å². The van der Waals surface area contributed by atoms with Crippen LogP contribution in [0.2, 0.25) is 0 Å². The molecule has 5 rings (SSSR count). The summed E-state index contributed by atoms with van der Waals surface area (Å²) in [4.78, 5) is 20.2. The SMILES string of the molecule is Cc1ccc2nc(C3CCCN3c3ncc(C)c(-c4cnn(C)c4)n3)[nH]c2c1. The second-order valence-electron chi connectivity index (χ2n) is 7.60. The summed E-state index contributed by atoms with van der Waals surface area (Å²) in [6.45, 7) is 5.06. The van der Waals surface area contributed by atoms with E-state index in [1.54, 1.807) is 4.68 Å². The van der Waals surface area contributed by atoms with Crippen LogP contribution < -0.4 is 4.90 Å². The van der Waals surface area contributed by atoms with Crippen molar-refractivity contribution in [3.05, 3.63) is 53.7 Å². The molecule has 0 bridgehead atoms. The first-order chi connectivity index (χ1) is 13.6. The van der Waals surface area contributed by atoms with Crippen LogP contribution in [0.5, 0.6) is 0 Å². The minimum atomic E-state index is 0.164. The molecule has 1 unspecified atom stereocenters. The number of aromatic amines is 1. The van der Waals surface area contributed by atoms with Gasteiger partial charge < -0.3 is 9.88 Å². The van der Waals surface area contributed by atoms with Crippen LogP contribution in [0.3, 0.4) is 0 Å². The lowest BCUT2D eigenvalue weighted by molar-refractivity contribution is 0.665. The van der Waals surface area contributed by atoms with Gasteiger partial charge in [-0.3, -0.25) is 4.68 Å². The average Bonchev–Trinajstić information content (AvgIpc) is 3.40. The number of fused-ring (bicyclic) bond motifs is 1. The lowest BCUT2D eigenvalue weighted by atomic mass is 10.1. The van der Waals surface area contributed by atoms with Crippen molar-refractivity contribution in [3.63, 3.8) is 0 Å². The molecule has 7 nitrogen and oxygen atoms in total. The molecule has 1 aliphatic heterocycles. The molecule has 3 aromatic heterocycles. The summed E-state index contributed by atoms with van der Waals surface area (Å²) in [5.41, 5.74) is 6.32. The van der Waals surface area contributed by atoms with Crippen molar-refractivity contribution in [1.29, 1.82) is 0 Å². The van der Waals surface area contributed by atoms with Gasteiger partial charge in [0.05, 0.1) is 29.0 Å². The summed E-state index contributed by atoms with van der Waals surface area (Å²) in [5, 5.41) is 4.28. The Hall–Kier alpha value is -3.22. The van der Waals surface area contributed by atoms with Crippen LogP contribution in [0.1, 0.15) is 35.8 Å². The monoisotopic (exact) mass is 373 g/mol. The predicted octanol–water partition coefficient (Wildman–Crippen LogP) is 3.71. The van der Waals surface area contributed by atoms with Gasteiger partial charge in [0.15, 0.2) is 0 Å². The Morgan fingerprint density at radius 3 is 2.86 bits per heavy atom. The summed E-state index contributed by atoms with van der Waals surface area (Å²) in [6, 6.07) is 6.49. The second-order valence-corrected chi connectivity index (χ2v) is 7.60. The van der Waals surface area contributed by atoms with Gasteiger partial charge in [0.2, 0.25) is 5.95 Å². The molecule has 0 spiro atoms. The largest absolute Gasteiger partial charge is 0.340 e. The van der Waals surface area contributed by atoms with Gasteiger partial charge in [-0.2, -0.15) is 5.10 Å². The van der Waals surface area contributed by atoms with E-state index in [-0.39, 0.29) is 6.04 Å². The molecule has 4 aromatic rings. The Kier molecular flexibility index (Phi) is 3.89. The van der Waals surface area contributed by atoms with Gasteiger partial charge in [-0.1, -0.05) is 6.07 Å². The van der Waals surface area contributed by atoms with E-state index in [1.165, 1.54) is 5.56 Å². The average molecular weight is 373 g/mol. The zero-order chi connectivity index (χ0) is 19.3. The third-order valence-corrected chi connectivity index (χ3v) is 5.42. The molecular formula is C21H23N7. The Bertz CT molecular complexity index is 1160. The maximum Gasteiger partial charge on any atom is 0.226 e. The fourth-order valence-electron chi connectivity index (χ4n) is 4.00. The van der Waals surface area contributed by atoms with Crippen LogP contribution in [-0.4, -0.2) is 36.3 Å². The number of imidazole rings is 1. The molecule has 1 N–H and O–H groups in total. The van der Waals surface area contributed by atoms with E-state index in [0.717, 1.165) is 59.0 Å². The van der Waals surface area contributed by atoms with E-state index in [2.05, 4.69) is 45.1 Å². The van der Waals surface area contributed by atoms with E-state index < -0.39 is 0 Å². The van der Waals surface area contributed by atoms with Crippen LogP contribution in [0.15, 0.2) is 36.8 Å². The number of aryl methyl sites for hydroxylation is 3. The maximum absolute atomic E-state index is 4.90. The number of H-pyrrole nitrogens is 1. The summed E-state index contributed by atoms with van der Waals surface area (Å²) in [6.07, 6.45) is 7.88. The first kappa shape index (κ1) is 16.9. The summed E-state index contributed by atoms with van der Waals surface area (Å²) in [7, 11) is 1.92. The lowest BCUT2D eigenvalue weighted by Crippen LogP contribution is -2.25. The highest BCUT2D eigenvalue weighted by Crippen LogP contribution is 2.35. The van der Waals surface area contributed by atoms with E-state index in [1.807, 2.05) is 32.6 Å². The van der Waals surface area contributed by atoms with Gasteiger partial charge in [0.25, 0.3) is 0 Å². The van der Waals surface area contributed by atoms with Crippen LogP contribution in [0.4, 0.5) is 5.95 Å². The normalized spacial score (nSPS) is 17.0. The number of nitrogens with one attached hydrogen (secondary N) is 1. The number of hydrogen-bond acceptors (Lipinski definition) is 5. The van der Waals surface area contributed by atoms with Crippen molar-refractivity contribution in [3.8, 4) is 11.3 Å². The molecule has 0 radical (unpaired) electrons. The van der Waals surface area contributed by atoms with Crippen LogP contribution in [0, 0.1) is 13.8 Å². The molecular weight excluding hydrogens is 350 g/mol. The quantitative estimate of drug-likeness (QED) is 0.592. The van der Waals surface area contributed by atoms with Gasteiger partial charge >= 0.3 is 0 Å². The molecule has 0 amide bonds. The summed E-state index contributed by atoms with van der Waals surface area (Å²) in [5.74, 6) is 1.74. The maximum atomic E-state index is 4.90. The number of nitrogens with zero attached hydrogens (tertiary/aromatic N) is 6. The van der Waals surface area contributed by atoms with Crippen molar-refractivity contribution >= 4 is 17.0 Å². The number of rotatable bonds is 3. The van der Waals surface area contributed by atoms with Gasteiger partial charge in [-0.05, 0) is 49.9 Å².